The molecule has 0 aliphatic rings. The van der Waals surface area contributed by atoms with Gasteiger partial charge in [-0.15, -0.1) is 4.83 Å². The second-order valence-corrected chi connectivity index (χ2v) is 8.71. The summed E-state index contributed by atoms with van der Waals surface area (Å²) in [5.41, 5.74) is 14.8. The first-order valence-electron chi connectivity index (χ1n) is 8.53. The SMILES string of the molecule is Cc1ccc(S(=O)(=O)NNc2ncnc(NNC(=O)c3ccc(Br)cc3)c2N)cc1. The van der Waals surface area contributed by atoms with Crippen molar-refractivity contribution in [2.45, 2.75) is 11.8 Å². The summed E-state index contributed by atoms with van der Waals surface area (Å²) in [5, 5.41) is 0. The number of aryl methyl sites for hydroxylation is 1. The molecule has 156 valence electrons. The Labute approximate surface area is 181 Å². The third kappa shape index (κ3) is 5.23. The molecule has 1 aromatic heterocycles. The number of anilines is 3. The zero-order valence-corrected chi connectivity index (χ0v) is 18.1. The molecule has 3 rings (SSSR count). The number of hydrazine groups is 2. The quantitative estimate of drug-likeness (QED) is 0.315. The minimum Gasteiger partial charge on any atom is -0.393 e. The second-order valence-electron chi connectivity index (χ2n) is 6.11. The molecule has 0 fully saturated rings. The van der Waals surface area contributed by atoms with Crippen molar-refractivity contribution in [1.29, 1.82) is 0 Å². The van der Waals surface area contributed by atoms with E-state index in [0.717, 1.165) is 16.4 Å². The lowest BCUT2D eigenvalue weighted by Crippen LogP contribution is -2.32. The molecule has 0 atom stereocenters. The molecule has 30 heavy (non-hydrogen) atoms. The summed E-state index contributed by atoms with van der Waals surface area (Å²) in [6.45, 7) is 1.85. The van der Waals surface area contributed by atoms with Crippen molar-refractivity contribution in [3.8, 4) is 0 Å². The van der Waals surface area contributed by atoms with Gasteiger partial charge in [0.2, 0.25) is 0 Å². The van der Waals surface area contributed by atoms with E-state index in [-0.39, 0.29) is 22.2 Å². The average molecular weight is 492 g/mol. The molecule has 0 saturated heterocycles. The maximum absolute atomic E-state index is 12.4. The van der Waals surface area contributed by atoms with E-state index < -0.39 is 15.9 Å². The highest BCUT2D eigenvalue weighted by atomic mass is 79.9. The van der Waals surface area contributed by atoms with Crippen LogP contribution in [0.5, 0.6) is 0 Å². The van der Waals surface area contributed by atoms with Crippen molar-refractivity contribution in [1.82, 2.24) is 20.2 Å². The Bertz CT molecular complexity index is 1150. The fraction of sp³-hybridized carbons (Fsp3) is 0.0556. The molecule has 10 nitrogen and oxygen atoms in total. The monoisotopic (exact) mass is 491 g/mol. The van der Waals surface area contributed by atoms with E-state index in [1.807, 2.05) is 6.92 Å². The Kier molecular flexibility index (Phi) is 6.50. The fourth-order valence-corrected chi connectivity index (χ4v) is 3.38. The molecule has 0 unspecified atom stereocenters. The van der Waals surface area contributed by atoms with Gasteiger partial charge in [-0.2, -0.15) is 0 Å². The van der Waals surface area contributed by atoms with Crippen LogP contribution in [0.25, 0.3) is 0 Å². The summed E-state index contributed by atoms with van der Waals surface area (Å²) in [6.07, 6.45) is 1.16. The van der Waals surface area contributed by atoms with Crippen LogP contribution in [0.3, 0.4) is 0 Å². The number of nitrogens with zero attached hydrogens (tertiary/aromatic N) is 2. The molecule has 2 aromatic carbocycles. The summed E-state index contributed by atoms with van der Waals surface area (Å²) in [5.74, 6) is -0.302. The van der Waals surface area contributed by atoms with Crippen molar-refractivity contribution in [2.24, 2.45) is 0 Å². The number of nitrogens with two attached hydrogens (primary N) is 1. The molecular formula is C18H18BrN7O3S. The minimum absolute atomic E-state index is 0.000197. The molecule has 3 aromatic rings. The van der Waals surface area contributed by atoms with E-state index in [1.54, 1.807) is 36.4 Å². The molecule has 1 amide bonds. The highest BCUT2D eigenvalue weighted by Gasteiger charge is 2.16. The molecule has 0 bridgehead atoms. The van der Waals surface area contributed by atoms with Crippen molar-refractivity contribution in [2.75, 3.05) is 16.6 Å². The van der Waals surface area contributed by atoms with Crippen molar-refractivity contribution >= 4 is 49.2 Å². The number of nitrogens with one attached hydrogen (secondary N) is 4. The van der Waals surface area contributed by atoms with Gasteiger partial charge >= 0.3 is 0 Å². The van der Waals surface area contributed by atoms with Gasteiger partial charge in [-0.05, 0) is 43.3 Å². The van der Waals surface area contributed by atoms with Crippen LogP contribution >= 0.6 is 15.9 Å². The van der Waals surface area contributed by atoms with E-state index in [9.17, 15) is 13.2 Å². The first-order chi connectivity index (χ1) is 14.3. The molecule has 1 heterocycles. The Morgan fingerprint density at radius 1 is 0.967 bits per heavy atom. The molecule has 0 spiro atoms. The Balaban J connectivity index is 1.66. The van der Waals surface area contributed by atoms with Crippen molar-refractivity contribution < 1.29 is 13.2 Å². The molecule has 6 N–H and O–H groups in total. The van der Waals surface area contributed by atoms with Crippen LogP contribution in [0.15, 0.2) is 64.2 Å². The number of nitrogen functional groups attached to an aromatic ring is 1. The highest BCUT2D eigenvalue weighted by molar-refractivity contribution is 9.10. The number of aromatic nitrogens is 2. The van der Waals surface area contributed by atoms with Gasteiger partial charge in [-0.25, -0.2) is 18.4 Å². The van der Waals surface area contributed by atoms with Crippen LogP contribution in [0, 0.1) is 6.92 Å². The van der Waals surface area contributed by atoms with Crippen LogP contribution in [-0.4, -0.2) is 24.3 Å². The number of amides is 1. The summed E-state index contributed by atoms with van der Waals surface area (Å²) in [6, 6.07) is 13.1. The molecule has 0 radical (unpaired) electrons. The first-order valence-corrected chi connectivity index (χ1v) is 10.8. The molecule has 12 heteroatoms. The maximum atomic E-state index is 12.4. The number of benzene rings is 2. The number of hydrogen-bond acceptors (Lipinski definition) is 8. The smallest absolute Gasteiger partial charge is 0.269 e. The number of sulfonamides is 1. The largest absolute Gasteiger partial charge is 0.393 e. The van der Waals surface area contributed by atoms with Gasteiger partial charge in [0.05, 0.1) is 4.90 Å². The van der Waals surface area contributed by atoms with Gasteiger partial charge in [0, 0.05) is 10.0 Å². The lowest BCUT2D eigenvalue weighted by atomic mass is 10.2. The fourth-order valence-electron chi connectivity index (χ4n) is 2.28. The summed E-state index contributed by atoms with van der Waals surface area (Å²) in [7, 11) is -3.84. The normalized spacial score (nSPS) is 11.0. The summed E-state index contributed by atoms with van der Waals surface area (Å²) >= 11 is 3.30. The van der Waals surface area contributed by atoms with Crippen LogP contribution in [0.1, 0.15) is 15.9 Å². The van der Waals surface area contributed by atoms with E-state index in [1.165, 1.54) is 12.1 Å². The second kappa shape index (κ2) is 9.07. The standard InChI is InChI=1S/C18H18BrN7O3S/c1-11-2-8-14(9-3-11)30(28,29)26-24-17-15(20)16(21-10-22-17)23-25-18(27)12-4-6-13(19)7-5-12/h2-10,26H,20H2,1H3,(H,25,27)(H2,21,22,23,24). The first kappa shape index (κ1) is 21.5. The topological polar surface area (TPSA) is 151 Å². The molecule has 0 aliphatic carbocycles. The molecular weight excluding hydrogens is 474 g/mol. The average Bonchev–Trinajstić information content (AvgIpc) is 2.73. The van der Waals surface area contributed by atoms with Crippen LogP contribution < -0.4 is 26.8 Å². The summed E-state index contributed by atoms with van der Waals surface area (Å²) < 4.78 is 25.6. The van der Waals surface area contributed by atoms with E-state index in [4.69, 9.17) is 5.73 Å². The summed E-state index contributed by atoms with van der Waals surface area (Å²) in [4.78, 5) is 22.3. The van der Waals surface area contributed by atoms with Gasteiger partial charge in [-0.1, -0.05) is 33.6 Å². The van der Waals surface area contributed by atoms with E-state index in [0.29, 0.717) is 5.56 Å². The third-order valence-corrected chi connectivity index (χ3v) is 5.71. The minimum atomic E-state index is -3.84. The number of halogens is 1. The van der Waals surface area contributed by atoms with E-state index >= 15 is 0 Å². The van der Waals surface area contributed by atoms with Gasteiger partial charge in [0.25, 0.3) is 15.9 Å². The van der Waals surface area contributed by atoms with Gasteiger partial charge in [0.1, 0.15) is 12.0 Å². The lowest BCUT2D eigenvalue weighted by Gasteiger charge is -2.14. The zero-order chi connectivity index (χ0) is 21.7. The number of carbonyl (C=O) groups is 1. The van der Waals surface area contributed by atoms with Crippen LogP contribution in [0.2, 0.25) is 0 Å². The highest BCUT2D eigenvalue weighted by Crippen LogP contribution is 2.21. The maximum Gasteiger partial charge on any atom is 0.269 e. The molecule has 0 saturated carbocycles. The predicted molar refractivity (Wildman–Crippen MR) is 117 cm³/mol. The van der Waals surface area contributed by atoms with Crippen LogP contribution in [0.4, 0.5) is 17.3 Å². The number of hydrogen-bond donors (Lipinski definition) is 5. The van der Waals surface area contributed by atoms with Crippen molar-refractivity contribution in [3.63, 3.8) is 0 Å². The lowest BCUT2D eigenvalue weighted by molar-refractivity contribution is 0.0962. The van der Waals surface area contributed by atoms with E-state index in [2.05, 4.69) is 47.0 Å². The zero-order valence-electron chi connectivity index (χ0n) is 15.7. The number of rotatable bonds is 7. The Morgan fingerprint density at radius 2 is 1.57 bits per heavy atom. The predicted octanol–water partition coefficient (Wildman–Crippen LogP) is 2.19. The van der Waals surface area contributed by atoms with Crippen LogP contribution in [-0.2, 0) is 10.0 Å². The number of carbonyl (C=O) groups excluding carboxylic acids is 1. The van der Waals surface area contributed by atoms with Gasteiger partial charge in [0.15, 0.2) is 11.6 Å². The Morgan fingerprint density at radius 3 is 2.20 bits per heavy atom. The van der Waals surface area contributed by atoms with Gasteiger partial charge < -0.3 is 5.73 Å². The molecule has 0 aliphatic heterocycles. The third-order valence-electron chi connectivity index (χ3n) is 3.92. The van der Waals surface area contributed by atoms with Gasteiger partial charge in [-0.3, -0.25) is 21.1 Å². The Hall–Kier alpha value is -3.22. The van der Waals surface area contributed by atoms with Crippen molar-refractivity contribution in [3.05, 3.63) is 70.5 Å².